The molecule has 0 saturated carbocycles. The fourth-order valence-corrected chi connectivity index (χ4v) is 1.69. The molecule has 0 saturated heterocycles. The van der Waals surface area contributed by atoms with Crippen LogP contribution in [0.3, 0.4) is 0 Å². The van der Waals surface area contributed by atoms with Crippen molar-refractivity contribution in [3.63, 3.8) is 0 Å². The largest absolute Gasteiger partial charge is 0.401 e. The minimum atomic E-state index is -4.12. The first-order valence-corrected chi connectivity index (χ1v) is 4.85. The number of hydrogen-bond donors (Lipinski definition) is 1. The average molecular weight is 248 g/mol. The predicted molar refractivity (Wildman–Crippen MR) is 46.5 cm³/mol. The lowest BCUT2D eigenvalue weighted by Crippen LogP contribution is -2.41. The highest BCUT2D eigenvalue weighted by atomic mass is 79.9. The molecule has 0 spiro atoms. The second kappa shape index (κ2) is 5.07. The zero-order chi connectivity index (χ0) is 9.78. The van der Waals surface area contributed by atoms with Crippen LogP contribution in [-0.2, 0) is 0 Å². The van der Waals surface area contributed by atoms with Crippen LogP contribution in [0.5, 0.6) is 0 Å². The monoisotopic (exact) mass is 247 g/mol. The summed E-state index contributed by atoms with van der Waals surface area (Å²) in [5.74, 6) is 0.201. The normalized spacial score (nSPS) is 15.2. The van der Waals surface area contributed by atoms with Crippen molar-refractivity contribution in [2.45, 2.75) is 26.1 Å². The van der Waals surface area contributed by atoms with Gasteiger partial charge < -0.3 is 5.32 Å². The van der Waals surface area contributed by atoms with Gasteiger partial charge in [-0.2, -0.15) is 13.2 Å². The van der Waals surface area contributed by atoms with Crippen LogP contribution < -0.4 is 5.32 Å². The maximum atomic E-state index is 11.7. The Hall–Kier alpha value is 0.230. The molecule has 1 unspecified atom stereocenters. The third-order valence-corrected chi connectivity index (χ3v) is 2.23. The van der Waals surface area contributed by atoms with Crippen LogP contribution in [0.25, 0.3) is 0 Å². The highest BCUT2D eigenvalue weighted by Crippen LogP contribution is 2.14. The molecule has 0 bridgehead atoms. The van der Waals surface area contributed by atoms with E-state index < -0.39 is 12.7 Å². The Labute approximate surface area is 78.8 Å². The maximum Gasteiger partial charge on any atom is 0.401 e. The van der Waals surface area contributed by atoms with E-state index in [1.807, 2.05) is 13.8 Å². The van der Waals surface area contributed by atoms with Crippen molar-refractivity contribution >= 4 is 15.9 Å². The first kappa shape index (κ1) is 12.2. The molecule has 0 aliphatic carbocycles. The van der Waals surface area contributed by atoms with E-state index in [2.05, 4.69) is 21.2 Å². The molecule has 0 aliphatic heterocycles. The Kier molecular flexibility index (Phi) is 5.16. The van der Waals surface area contributed by atoms with Gasteiger partial charge in [-0.05, 0) is 5.92 Å². The zero-order valence-corrected chi connectivity index (χ0v) is 8.67. The lowest BCUT2D eigenvalue weighted by molar-refractivity contribution is -0.126. The van der Waals surface area contributed by atoms with Crippen molar-refractivity contribution < 1.29 is 13.2 Å². The first-order chi connectivity index (χ1) is 5.37. The van der Waals surface area contributed by atoms with Crippen molar-refractivity contribution in [3.05, 3.63) is 0 Å². The molecule has 1 atom stereocenters. The van der Waals surface area contributed by atoms with Crippen molar-refractivity contribution in [2.75, 3.05) is 11.9 Å². The molecule has 0 aromatic heterocycles. The molecule has 1 nitrogen and oxygen atoms in total. The van der Waals surface area contributed by atoms with E-state index in [1.165, 1.54) is 0 Å². The summed E-state index contributed by atoms with van der Waals surface area (Å²) in [5, 5.41) is 2.98. The smallest absolute Gasteiger partial charge is 0.305 e. The molecule has 0 aliphatic rings. The van der Waals surface area contributed by atoms with Gasteiger partial charge in [0, 0.05) is 11.4 Å². The van der Waals surface area contributed by atoms with Gasteiger partial charge in [-0.15, -0.1) is 0 Å². The van der Waals surface area contributed by atoms with E-state index in [-0.39, 0.29) is 12.0 Å². The van der Waals surface area contributed by atoms with Gasteiger partial charge in [0.05, 0.1) is 6.54 Å². The summed E-state index contributed by atoms with van der Waals surface area (Å²) in [7, 11) is 0. The van der Waals surface area contributed by atoms with Crippen LogP contribution >= 0.6 is 15.9 Å². The number of nitrogens with one attached hydrogen (secondary N) is 1. The molecule has 12 heavy (non-hydrogen) atoms. The van der Waals surface area contributed by atoms with E-state index in [9.17, 15) is 13.2 Å². The molecule has 0 heterocycles. The first-order valence-electron chi connectivity index (χ1n) is 3.73. The number of alkyl halides is 4. The summed E-state index contributed by atoms with van der Waals surface area (Å²) in [6.07, 6.45) is -4.12. The summed E-state index contributed by atoms with van der Waals surface area (Å²) in [6, 6.07) is -0.119. The average Bonchev–Trinajstić information content (AvgIpc) is 1.85. The minimum Gasteiger partial charge on any atom is -0.305 e. The number of rotatable bonds is 4. The second-order valence-corrected chi connectivity index (χ2v) is 3.65. The fourth-order valence-electron chi connectivity index (χ4n) is 0.715. The Bertz CT molecular complexity index is 124. The summed E-state index contributed by atoms with van der Waals surface area (Å²) in [6.45, 7) is 2.85. The van der Waals surface area contributed by atoms with Crippen molar-refractivity contribution in [1.29, 1.82) is 0 Å². The molecule has 0 radical (unpaired) electrons. The zero-order valence-electron chi connectivity index (χ0n) is 7.08. The van der Waals surface area contributed by atoms with Crippen LogP contribution in [0, 0.1) is 5.92 Å². The second-order valence-electron chi connectivity index (χ2n) is 3.00. The van der Waals surface area contributed by atoms with Crippen LogP contribution in [0.1, 0.15) is 13.8 Å². The van der Waals surface area contributed by atoms with E-state index in [4.69, 9.17) is 0 Å². The standard InChI is InChI=1S/C7H13BrF3N/c1-5(2)6(3-8)12-4-7(9,10)11/h5-6,12H,3-4H2,1-2H3. The van der Waals surface area contributed by atoms with Crippen LogP contribution in [0.4, 0.5) is 13.2 Å². The van der Waals surface area contributed by atoms with Crippen LogP contribution in [0.15, 0.2) is 0 Å². The van der Waals surface area contributed by atoms with Crippen LogP contribution in [0.2, 0.25) is 0 Å². The molecule has 0 rings (SSSR count). The quantitative estimate of drug-likeness (QED) is 0.754. The SMILES string of the molecule is CC(C)C(CBr)NCC(F)(F)F. The van der Waals surface area contributed by atoms with Crippen molar-refractivity contribution in [1.82, 2.24) is 5.32 Å². The number of halogens is 4. The number of hydrogen-bond acceptors (Lipinski definition) is 1. The van der Waals surface area contributed by atoms with Crippen molar-refractivity contribution in [3.8, 4) is 0 Å². The molecular weight excluding hydrogens is 235 g/mol. The van der Waals surface area contributed by atoms with Gasteiger partial charge in [-0.3, -0.25) is 0 Å². The molecule has 0 fully saturated rings. The van der Waals surface area contributed by atoms with Gasteiger partial charge in [-0.1, -0.05) is 29.8 Å². The third kappa shape index (κ3) is 5.83. The molecule has 0 aromatic carbocycles. The van der Waals surface area contributed by atoms with E-state index >= 15 is 0 Å². The third-order valence-electron chi connectivity index (χ3n) is 1.54. The van der Waals surface area contributed by atoms with E-state index in [1.54, 1.807) is 0 Å². The van der Waals surface area contributed by atoms with Gasteiger partial charge in [-0.25, -0.2) is 0 Å². The summed E-state index contributed by atoms with van der Waals surface area (Å²) < 4.78 is 35.2. The summed E-state index contributed by atoms with van der Waals surface area (Å²) in [5.41, 5.74) is 0. The van der Waals surface area contributed by atoms with Gasteiger partial charge in [0.15, 0.2) is 0 Å². The Morgan fingerprint density at radius 1 is 1.33 bits per heavy atom. The van der Waals surface area contributed by atoms with E-state index in [0.717, 1.165) is 0 Å². The fraction of sp³-hybridized carbons (Fsp3) is 1.00. The topological polar surface area (TPSA) is 12.0 Å². The van der Waals surface area contributed by atoms with Crippen molar-refractivity contribution in [2.24, 2.45) is 5.92 Å². The van der Waals surface area contributed by atoms with Gasteiger partial charge in [0.1, 0.15) is 0 Å². The van der Waals surface area contributed by atoms with Gasteiger partial charge in [0.25, 0.3) is 0 Å². The molecule has 0 aromatic rings. The highest BCUT2D eigenvalue weighted by molar-refractivity contribution is 9.09. The Morgan fingerprint density at radius 2 is 1.83 bits per heavy atom. The molecule has 5 heteroatoms. The minimum absolute atomic E-state index is 0.119. The summed E-state index contributed by atoms with van der Waals surface area (Å²) in [4.78, 5) is 0. The molecule has 1 N–H and O–H groups in total. The highest BCUT2D eigenvalue weighted by Gasteiger charge is 2.28. The molecular formula is C7H13BrF3N. The summed E-state index contributed by atoms with van der Waals surface area (Å²) >= 11 is 3.15. The Morgan fingerprint density at radius 3 is 2.08 bits per heavy atom. The molecule has 74 valence electrons. The predicted octanol–water partition coefficient (Wildman–Crippen LogP) is 2.56. The Balaban J connectivity index is 3.73. The van der Waals surface area contributed by atoms with Crippen LogP contribution in [-0.4, -0.2) is 24.1 Å². The molecule has 0 amide bonds. The lowest BCUT2D eigenvalue weighted by atomic mass is 10.1. The lowest BCUT2D eigenvalue weighted by Gasteiger charge is -2.20. The van der Waals surface area contributed by atoms with Gasteiger partial charge >= 0.3 is 6.18 Å². The van der Waals surface area contributed by atoms with E-state index in [0.29, 0.717) is 5.33 Å². The van der Waals surface area contributed by atoms with Gasteiger partial charge in [0.2, 0.25) is 0 Å². The maximum absolute atomic E-state index is 11.7.